The number of hydrogen-bond donors (Lipinski definition) is 0. The van der Waals surface area contributed by atoms with Crippen LogP contribution in [-0.2, 0) is 41.5 Å². The summed E-state index contributed by atoms with van der Waals surface area (Å²) in [7, 11) is 0. The van der Waals surface area contributed by atoms with Gasteiger partial charge in [0.25, 0.3) is 0 Å². The summed E-state index contributed by atoms with van der Waals surface area (Å²) < 4.78 is 2.25. The van der Waals surface area contributed by atoms with Crippen molar-refractivity contribution in [1.29, 1.82) is 0 Å². The Labute approximate surface area is 293 Å². The average molecular weight is 699 g/mol. The molecule has 6 rings (SSSR count). The quantitative estimate of drug-likeness (QED) is 0.234. The molecule has 0 aromatic heterocycles. The van der Waals surface area contributed by atoms with Crippen molar-refractivity contribution in [3.05, 3.63) is 144 Å². The molecule has 0 nitrogen and oxygen atoms in total. The van der Waals surface area contributed by atoms with E-state index in [-0.39, 0.29) is 35.6 Å². The summed E-state index contributed by atoms with van der Waals surface area (Å²) in [5.41, 5.74) is 7.21. The normalized spacial score (nSPS) is 13.9. The Morgan fingerprint density at radius 3 is 1.59 bits per heavy atom. The summed E-state index contributed by atoms with van der Waals surface area (Å²) in [6.07, 6.45) is 8.68. The van der Waals surface area contributed by atoms with Gasteiger partial charge in [-0.05, 0) is 10.8 Å². The van der Waals surface area contributed by atoms with Gasteiger partial charge in [0.05, 0.1) is 0 Å². The molecular formula is C41H44Cl2Zr-2. The van der Waals surface area contributed by atoms with Crippen LogP contribution in [0.5, 0.6) is 0 Å². The molecule has 0 fully saturated rings. The molecule has 0 bridgehead atoms. The third-order valence-electron chi connectivity index (χ3n) is 7.66. The SMILES string of the molecule is CC(C)(C)c1ccc2c(c1)[cH-]c1cc(C(C)(C)C)ccc12.CC1[C-]=CC(c2ccccc2)=C1.[Cl-].[Cl-].[Zr+2]=[CH]Cc1ccccc1. The van der Waals surface area contributed by atoms with E-state index in [2.05, 4.69) is 161 Å². The fraction of sp³-hybridized carbons (Fsp3) is 0.268. The second kappa shape index (κ2) is 16.8. The molecule has 228 valence electrons. The third kappa shape index (κ3) is 10.3. The van der Waals surface area contributed by atoms with Crippen molar-refractivity contribution < 1.29 is 49.0 Å². The van der Waals surface area contributed by atoms with Crippen molar-refractivity contribution in [3.8, 4) is 0 Å². The molecule has 3 heteroatoms. The Kier molecular flexibility index (Phi) is 14.4. The maximum atomic E-state index is 3.25. The number of benzene rings is 4. The summed E-state index contributed by atoms with van der Waals surface area (Å²) >= 11 is 1.51. The van der Waals surface area contributed by atoms with Gasteiger partial charge >= 0.3 is 70.3 Å². The molecule has 0 saturated heterocycles. The van der Waals surface area contributed by atoms with Crippen molar-refractivity contribution in [2.45, 2.75) is 65.7 Å². The van der Waals surface area contributed by atoms with Gasteiger partial charge in [-0.25, -0.2) is 6.08 Å². The van der Waals surface area contributed by atoms with E-state index in [4.69, 9.17) is 0 Å². The second-order valence-corrected chi connectivity index (χ2v) is 14.2. The van der Waals surface area contributed by atoms with E-state index in [0.717, 1.165) is 6.42 Å². The second-order valence-electron chi connectivity index (χ2n) is 13.2. The maximum absolute atomic E-state index is 3.25. The third-order valence-corrected chi connectivity index (χ3v) is 8.16. The molecule has 0 amide bonds. The Balaban J connectivity index is 0.000000250. The zero-order chi connectivity index (χ0) is 30.3. The van der Waals surface area contributed by atoms with Gasteiger partial charge in [0.1, 0.15) is 0 Å². The van der Waals surface area contributed by atoms with Crippen molar-refractivity contribution in [3.63, 3.8) is 0 Å². The van der Waals surface area contributed by atoms with Gasteiger partial charge < -0.3 is 24.8 Å². The standard InChI is InChI=1S/C21H25.C12H11.C8H8.2ClH.Zr/c1-20(2,3)16-7-9-18-14(12-16)11-15-13-17(21(4,5)6)8-10-19(15)18;1-10-7-8-12(9-10)11-5-3-2-4-6-11;1-2-8-6-4-3-5-7-8;;;/h7-13H,1-6H3;2-6,8-10H,1H3;1,3-7H,2H2;2*1H;/q2*-1;;;;+2/p-2. The molecule has 1 atom stereocenters. The molecule has 0 spiro atoms. The Morgan fingerprint density at radius 2 is 1.18 bits per heavy atom. The fourth-order valence-corrected chi connectivity index (χ4v) is 5.66. The number of rotatable bonds is 3. The van der Waals surface area contributed by atoms with Crippen LogP contribution in [0.2, 0.25) is 0 Å². The number of allylic oxidation sites excluding steroid dienone is 4. The molecule has 1 unspecified atom stereocenters. The van der Waals surface area contributed by atoms with Crippen LogP contribution in [0.3, 0.4) is 0 Å². The molecular weight excluding hydrogens is 655 g/mol. The van der Waals surface area contributed by atoms with Gasteiger partial charge in [-0.2, -0.15) is 11.6 Å². The van der Waals surface area contributed by atoms with Crippen LogP contribution in [-0.4, -0.2) is 3.71 Å². The van der Waals surface area contributed by atoms with Crippen LogP contribution in [0, 0.1) is 12.0 Å². The zero-order valence-electron chi connectivity index (χ0n) is 27.1. The molecule has 1 aliphatic carbocycles. The van der Waals surface area contributed by atoms with Crippen molar-refractivity contribution in [2.75, 3.05) is 0 Å². The molecule has 0 N–H and O–H groups in total. The molecule has 0 radical (unpaired) electrons. The minimum absolute atomic E-state index is 0. The first kappa shape index (κ1) is 37.7. The van der Waals surface area contributed by atoms with E-state index in [9.17, 15) is 0 Å². The summed E-state index contributed by atoms with van der Waals surface area (Å²) in [6.45, 7) is 15.8. The molecule has 0 aliphatic heterocycles. The fourth-order valence-electron chi connectivity index (χ4n) is 5.08. The van der Waals surface area contributed by atoms with Gasteiger partial charge in [-0.1, -0.05) is 120 Å². The first-order valence-corrected chi connectivity index (χ1v) is 16.4. The first-order chi connectivity index (χ1) is 20.0. The van der Waals surface area contributed by atoms with Crippen LogP contribution >= 0.6 is 0 Å². The Bertz CT molecular complexity index is 1610. The number of fused-ring (bicyclic) bond motifs is 3. The van der Waals surface area contributed by atoms with Crippen LogP contribution in [0.25, 0.3) is 27.1 Å². The van der Waals surface area contributed by atoms with Crippen LogP contribution < -0.4 is 24.8 Å². The summed E-state index contributed by atoms with van der Waals surface area (Å²) in [5, 5.41) is 5.48. The van der Waals surface area contributed by atoms with Crippen molar-refractivity contribution in [1.82, 2.24) is 0 Å². The van der Waals surface area contributed by atoms with Crippen molar-refractivity contribution >= 4 is 30.8 Å². The summed E-state index contributed by atoms with van der Waals surface area (Å²) in [5.74, 6) is 0.472. The summed E-state index contributed by atoms with van der Waals surface area (Å²) in [6, 6.07) is 37.1. The molecule has 0 saturated carbocycles. The van der Waals surface area contributed by atoms with Crippen LogP contribution in [0.15, 0.2) is 115 Å². The van der Waals surface area contributed by atoms with Gasteiger partial charge in [0.2, 0.25) is 0 Å². The zero-order valence-corrected chi connectivity index (χ0v) is 31.1. The van der Waals surface area contributed by atoms with Crippen LogP contribution in [0.4, 0.5) is 0 Å². The van der Waals surface area contributed by atoms with E-state index in [1.807, 2.05) is 12.1 Å². The molecule has 5 aromatic rings. The molecule has 0 heterocycles. The Morgan fingerprint density at radius 1 is 0.705 bits per heavy atom. The van der Waals surface area contributed by atoms with Gasteiger partial charge in [0.15, 0.2) is 0 Å². The van der Waals surface area contributed by atoms with E-state index in [1.54, 1.807) is 0 Å². The monoisotopic (exact) mass is 696 g/mol. The summed E-state index contributed by atoms with van der Waals surface area (Å²) in [4.78, 5) is 0. The first-order valence-electron chi connectivity index (χ1n) is 15.0. The van der Waals surface area contributed by atoms with E-state index in [0.29, 0.717) is 5.92 Å². The minimum atomic E-state index is 0. The number of hydrogen-bond acceptors (Lipinski definition) is 0. The average Bonchev–Trinajstić information content (AvgIpc) is 3.56. The molecule has 1 aliphatic rings. The van der Waals surface area contributed by atoms with E-state index in [1.165, 1.54) is 73.6 Å². The van der Waals surface area contributed by atoms with Crippen molar-refractivity contribution in [2.24, 2.45) is 5.92 Å². The predicted octanol–water partition coefficient (Wildman–Crippen LogP) is 4.97. The van der Waals surface area contributed by atoms with Gasteiger partial charge in [-0.15, -0.1) is 45.3 Å². The number of halogens is 2. The topological polar surface area (TPSA) is 0 Å². The van der Waals surface area contributed by atoms with Crippen LogP contribution in [0.1, 0.15) is 70.7 Å². The molecule has 5 aromatic carbocycles. The van der Waals surface area contributed by atoms with E-state index < -0.39 is 0 Å². The van der Waals surface area contributed by atoms with Gasteiger partial charge in [0, 0.05) is 0 Å². The predicted molar refractivity (Wildman–Crippen MR) is 182 cm³/mol. The van der Waals surface area contributed by atoms with Gasteiger partial charge in [-0.3, -0.25) is 6.08 Å². The van der Waals surface area contributed by atoms with E-state index >= 15 is 0 Å². The Hall–Kier alpha value is -2.44. The molecule has 44 heavy (non-hydrogen) atoms.